The minimum atomic E-state index is -0.526. The minimum absolute atomic E-state index is 0.231. The minimum Gasteiger partial charge on any atom is -0.346 e. The zero-order valence-electron chi connectivity index (χ0n) is 20.1. The Morgan fingerprint density at radius 2 is 2.16 bits per heavy atom. The van der Waals surface area contributed by atoms with E-state index in [0.717, 1.165) is 0 Å². The van der Waals surface area contributed by atoms with Crippen LogP contribution in [0.15, 0.2) is 79.2 Å². The molecule has 2 amide bonds. The largest absolute Gasteiger partial charge is 0.346 e. The predicted molar refractivity (Wildman–Crippen MR) is 141 cm³/mol. The molecule has 2 aromatic heterocycles. The molecule has 194 valence electrons. The van der Waals surface area contributed by atoms with Crippen LogP contribution in [0.25, 0.3) is 17.8 Å². The summed E-state index contributed by atoms with van der Waals surface area (Å²) in [5, 5.41) is 17.2. The average molecular weight is 535 g/mol. The first-order valence-electron chi connectivity index (χ1n) is 11.7. The molecule has 3 aromatic rings. The van der Waals surface area contributed by atoms with Crippen LogP contribution in [-0.2, 0) is 9.59 Å². The molecule has 1 aliphatic rings. The molecule has 1 aromatic carbocycles. The smallest absolute Gasteiger partial charge is 0.244 e. The number of carbonyl (C=O) groups is 2. The summed E-state index contributed by atoms with van der Waals surface area (Å²) in [7, 11) is 0. The first kappa shape index (κ1) is 26.4. The molecule has 1 unspecified atom stereocenters. The van der Waals surface area contributed by atoms with Crippen molar-refractivity contribution in [2.24, 2.45) is 0 Å². The van der Waals surface area contributed by atoms with Gasteiger partial charge in [0.25, 0.3) is 0 Å². The fourth-order valence-corrected chi connectivity index (χ4v) is 3.70. The highest BCUT2D eigenvalue weighted by atomic mass is 35.5. The molecule has 38 heavy (non-hydrogen) atoms. The predicted octanol–water partition coefficient (Wildman–Crippen LogP) is 4.15. The molecule has 0 radical (unpaired) electrons. The Morgan fingerprint density at radius 1 is 1.26 bits per heavy atom. The topological polar surface area (TPSA) is 130 Å². The summed E-state index contributed by atoms with van der Waals surface area (Å²) in [4.78, 5) is 32.4. The number of aromatic amines is 1. The van der Waals surface area contributed by atoms with E-state index in [1.165, 1.54) is 41.5 Å². The molecular formula is C26H24ClFN8O2. The number of rotatable bonds is 4. The molecule has 0 saturated heterocycles. The maximum Gasteiger partial charge on any atom is 0.244 e. The first-order valence-corrected chi connectivity index (χ1v) is 12.1. The molecule has 2 bridgehead atoms. The van der Waals surface area contributed by atoms with Crippen LogP contribution in [0, 0.1) is 0 Å². The van der Waals surface area contributed by atoms with Crippen molar-refractivity contribution in [1.29, 1.82) is 0 Å². The van der Waals surface area contributed by atoms with Gasteiger partial charge in [-0.05, 0) is 65.8 Å². The van der Waals surface area contributed by atoms with Crippen molar-refractivity contribution in [3.63, 3.8) is 0 Å². The number of nitrogens with one attached hydrogen (secondary N) is 3. The first-order chi connectivity index (χ1) is 18.5. The molecule has 4 rings (SSSR count). The van der Waals surface area contributed by atoms with Crippen LogP contribution in [0.3, 0.4) is 0 Å². The molecule has 10 nitrogen and oxygen atoms in total. The van der Waals surface area contributed by atoms with Crippen molar-refractivity contribution in [3.05, 3.63) is 101 Å². The lowest BCUT2D eigenvalue weighted by Crippen LogP contribution is -2.27. The number of imidazole rings is 1. The summed E-state index contributed by atoms with van der Waals surface area (Å²) < 4.78 is 15.3. The van der Waals surface area contributed by atoms with Gasteiger partial charge in [0.15, 0.2) is 0 Å². The van der Waals surface area contributed by atoms with Crippen molar-refractivity contribution in [2.75, 3.05) is 0 Å². The van der Waals surface area contributed by atoms with Crippen LogP contribution in [0.1, 0.15) is 42.4 Å². The molecule has 0 saturated carbocycles. The Kier molecular flexibility index (Phi) is 9.08. The second-order valence-electron chi connectivity index (χ2n) is 8.12. The Balaban J connectivity index is 1.53. The van der Waals surface area contributed by atoms with Crippen molar-refractivity contribution in [2.45, 2.75) is 25.3 Å². The van der Waals surface area contributed by atoms with E-state index in [4.69, 9.17) is 11.6 Å². The number of carbonyl (C=O) groups excluding carboxylic acids is 2. The maximum atomic E-state index is 13.9. The number of H-pyrrole nitrogens is 1. The van der Waals surface area contributed by atoms with Crippen LogP contribution in [0.2, 0.25) is 5.02 Å². The monoisotopic (exact) mass is 534 g/mol. The molecule has 12 heteroatoms. The van der Waals surface area contributed by atoms with Crippen molar-refractivity contribution in [3.8, 4) is 5.69 Å². The van der Waals surface area contributed by atoms with Gasteiger partial charge in [-0.25, -0.2) is 9.37 Å². The van der Waals surface area contributed by atoms with Gasteiger partial charge in [-0.3, -0.25) is 9.59 Å². The molecule has 0 spiro atoms. The Morgan fingerprint density at radius 3 is 3.00 bits per heavy atom. The van der Waals surface area contributed by atoms with Gasteiger partial charge >= 0.3 is 0 Å². The van der Waals surface area contributed by atoms with E-state index in [-0.39, 0.29) is 18.2 Å². The summed E-state index contributed by atoms with van der Waals surface area (Å²) >= 11 is 6.16. The lowest BCUT2D eigenvalue weighted by Gasteiger charge is -2.14. The van der Waals surface area contributed by atoms with E-state index in [1.807, 2.05) is 12.2 Å². The molecule has 0 fully saturated rings. The van der Waals surface area contributed by atoms with Crippen LogP contribution >= 0.6 is 11.6 Å². The summed E-state index contributed by atoms with van der Waals surface area (Å²) in [6.07, 6.45) is 17.8. The Hall–Kier alpha value is -4.64. The third-order valence-corrected chi connectivity index (χ3v) is 5.58. The van der Waals surface area contributed by atoms with E-state index >= 15 is 0 Å². The molecule has 1 atom stereocenters. The molecule has 0 aliphatic carbocycles. The molecule has 3 N–H and O–H groups in total. The zero-order chi connectivity index (χ0) is 26.7. The van der Waals surface area contributed by atoms with Gasteiger partial charge in [0.2, 0.25) is 11.8 Å². The summed E-state index contributed by atoms with van der Waals surface area (Å²) in [6, 6.07) is 4.67. The van der Waals surface area contributed by atoms with E-state index in [2.05, 4.69) is 36.1 Å². The standard InChI is InChI=1S/C26H24ClFN8O2/c27-19-10-11-23(36-17-31-34-35-36)18(15-19)9-12-25(38)33-22-7-2-1-3-8-24(37)29-14-13-20(28)5-4-6-21-16-30-26(22)32-21/h1-2,4-6,9-17,22H,3,7-8H2,(H,29,37)(H,30,32)(H,33,38). The van der Waals surface area contributed by atoms with E-state index in [9.17, 15) is 14.0 Å². The molecule has 1 aliphatic heterocycles. The number of aromatic nitrogens is 6. The number of amides is 2. The van der Waals surface area contributed by atoms with Crippen LogP contribution < -0.4 is 10.6 Å². The SMILES string of the molecule is O=C(C=Cc1cc(Cl)ccc1-n1cnnn1)NC1CC=CCCC(=O)NC=CC(F)=CC=Cc2c[nH]c1n2. The van der Waals surface area contributed by atoms with Crippen molar-refractivity contribution >= 4 is 35.6 Å². The van der Waals surface area contributed by atoms with Gasteiger partial charge in [-0.2, -0.15) is 4.68 Å². The fraction of sp³-hybridized carbons (Fsp3) is 0.154. The normalized spacial score (nSPS) is 16.7. The third-order valence-electron chi connectivity index (χ3n) is 5.35. The lowest BCUT2D eigenvalue weighted by molar-refractivity contribution is -0.120. The maximum absolute atomic E-state index is 13.9. The number of fused-ring (bicyclic) bond motifs is 2. The molecular weight excluding hydrogens is 511 g/mol. The summed E-state index contributed by atoms with van der Waals surface area (Å²) in [5.74, 6) is -0.590. The Labute approximate surface area is 222 Å². The van der Waals surface area contributed by atoms with Gasteiger partial charge in [0, 0.05) is 35.5 Å². The second-order valence-corrected chi connectivity index (χ2v) is 8.56. The van der Waals surface area contributed by atoms with E-state index in [1.54, 1.807) is 36.5 Å². The van der Waals surface area contributed by atoms with Crippen LogP contribution in [0.5, 0.6) is 0 Å². The number of nitrogens with zero attached hydrogens (tertiary/aromatic N) is 5. The fourth-order valence-electron chi connectivity index (χ4n) is 3.52. The highest BCUT2D eigenvalue weighted by molar-refractivity contribution is 6.30. The van der Waals surface area contributed by atoms with Gasteiger partial charge in [-0.15, -0.1) is 5.10 Å². The Bertz CT molecular complexity index is 1420. The average Bonchev–Trinajstić information content (AvgIpc) is 3.59. The van der Waals surface area contributed by atoms with Crippen LogP contribution in [-0.4, -0.2) is 42.0 Å². The number of hydrogen-bond donors (Lipinski definition) is 3. The molecule has 3 heterocycles. The van der Waals surface area contributed by atoms with Gasteiger partial charge in [0.1, 0.15) is 18.0 Å². The van der Waals surface area contributed by atoms with Gasteiger partial charge in [0.05, 0.1) is 17.4 Å². The van der Waals surface area contributed by atoms with Crippen LogP contribution in [0.4, 0.5) is 4.39 Å². The van der Waals surface area contributed by atoms with Gasteiger partial charge in [-0.1, -0.05) is 29.8 Å². The number of allylic oxidation sites excluding steroid dienone is 5. The van der Waals surface area contributed by atoms with Crippen molar-refractivity contribution in [1.82, 2.24) is 40.8 Å². The van der Waals surface area contributed by atoms with E-state index in [0.29, 0.717) is 40.6 Å². The third kappa shape index (κ3) is 7.68. The quantitative estimate of drug-likeness (QED) is 0.340. The zero-order valence-corrected chi connectivity index (χ0v) is 20.8. The highest BCUT2D eigenvalue weighted by Crippen LogP contribution is 2.21. The second kappa shape index (κ2) is 13.1. The highest BCUT2D eigenvalue weighted by Gasteiger charge is 2.16. The van der Waals surface area contributed by atoms with E-state index < -0.39 is 11.9 Å². The van der Waals surface area contributed by atoms with Gasteiger partial charge < -0.3 is 15.6 Å². The lowest BCUT2D eigenvalue weighted by atomic mass is 10.1. The summed E-state index contributed by atoms with van der Waals surface area (Å²) in [5.41, 5.74) is 1.86. The number of halogens is 2. The number of benzene rings is 1. The summed E-state index contributed by atoms with van der Waals surface area (Å²) in [6.45, 7) is 0. The number of hydrogen-bond acceptors (Lipinski definition) is 6. The number of tetrazole rings is 1. The van der Waals surface area contributed by atoms with Crippen molar-refractivity contribution < 1.29 is 14.0 Å².